The van der Waals surface area contributed by atoms with Crippen molar-refractivity contribution < 1.29 is 18.7 Å². The molecule has 0 saturated carbocycles. The van der Waals surface area contributed by atoms with Gasteiger partial charge in [-0.15, -0.1) is 5.10 Å². The SMILES string of the molecule is CCc1cccc(CN(CC(O)C(N)Cc2cc(F)cc(F)c2)C(=O)CSc2nncc3ccccc23)c1. The van der Waals surface area contributed by atoms with Crippen molar-refractivity contribution in [1.29, 1.82) is 0 Å². The number of rotatable bonds is 11. The molecular weight excluding hydrogens is 506 g/mol. The normalized spacial score (nSPS) is 12.9. The summed E-state index contributed by atoms with van der Waals surface area (Å²) < 4.78 is 27.2. The summed E-state index contributed by atoms with van der Waals surface area (Å²) in [5.41, 5.74) is 8.62. The summed E-state index contributed by atoms with van der Waals surface area (Å²) in [7, 11) is 0. The van der Waals surface area contributed by atoms with Crippen LogP contribution in [-0.2, 0) is 24.2 Å². The third kappa shape index (κ3) is 7.34. The third-order valence-electron chi connectivity index (χ3n) is 6.29. The van der Waals surface area contributed by atoms with Crippen molar-refractivity contribution in [3.8, 4) is 0 Å². The molecule has 9 heteroatoms. The zero-order valence-corrected chi connectivity index (χ0v) is 21.9. The molecule has 0 aliphatic rings. The Morgan fingerprint density at radius 1 is 1.03 bits per heavy atom. The fourth-order valence-corrected chi connectivity index (χ4v) is 5.14. The fourth-order valence-electron chi connectivity index (χ4n) is 4.25. The Labute approximate surface area is 224 Å². The van der Waals surface area contributed by atoms with Gasteiger partial charge in [-0.2, -0.15) is 5.10 Å². The van der Waals surface area contributed by atoms with Crippen molar-refractivity contribution in [2.45, 2.75) is 43.5 Å². The first kappa shape index (κ1) is 27.6. The molecule has 0 saturated heterocycles. The van der Waals surface area contributed by atoms with E-state index >= 15 is 0 Å². The third-order valence-corrected chi connectivity index (χ3v) is 7.26. The molecule has 2 atom stereocenters. The molecule has 0 aliphatic carbocycles. The van der Waals surface area contributed by atoms with Crippen LogP contribution in [0.2, 0.25) is 0 Å². The number of nitrogens with zero attached hydrogens (tertiary/aromatic N) is 3. The van der Waals surface area contributed by atoms with Gasteiger partial charge in [0.2, 0.25) is 5.91 Å². The number of carbonyl (C=O) groups excluding carboxylic acids is 1. The molecule has 4 aromatic rings. The number of aromatic nitrogens is 2. The van der Waals surface area contributed by atoms with Crippen LogP contribution in [0.15, 0.2) is 78.0 Å². The average Bonchev–Trinajstić information content (AvgIpc) is 2.90. The molecule has 3 N–H and O–H groups in total. The number of hydrogen-bond acceptors (Lipinski definition) is 6. The topological polar surface area (TPSA) is 92.3 Å². The Hall–Kier alpha value is -3.40. The number of amides is 1. The van der Waals surface area contributed by atoms with Crippen molar-refractivity contribution in [2.75, 3.05) is 12.3 Å². The summed E-state index contributed by atoms with van der Waals surface area (Å²) >= 11 is 1.28. The van der Waals surface area contributed by atoms with Gasteiger partial charge in [-0.25, -0.2) is 8.78 Å². The number of nitrogens with two attached hydrogens (primary N) is 1. The minimum absolute atomic E-state index is 0.0318. The molecule has 38 heavy (non-hydrogen) atoms. The predicted molar refractivity (Wildman–Crippen MR) is 146 cm³/mol. The Morgan fingerprint density at radius 3 is 2.53 bits per heavy atom. The highest BCUT2D eigenvalue weighted by atomic mass is 32.2. The monoisotopic (exact) mass is 536 g/mol. The second-order valence-corrected chi connectivity index (χ2v) is 10.2. The van der Waals surface area contributed by atoms with Crippen LogP contribution < -0.4 is 5.73 Å². The Bertz CT molecular complexity index is 1380. The molecule has 1 heterocycles. The maximum absolute atomic E-state index is 13.6. The minimum atomic E-state index is -1.11. The van der Waals surface area contributed by atoms with Gasteiger partial charge < -0.3 is 15.7 Å². The van der Waals surface area contributed by atoms with Crippen molar-refractivity contribution in [1.82, 2.24) is 15.1 Å². The van der Waals surface area contributed by atoms with E-state index in [9.17, 15) is 18.7 Å². The Balaban J connectivity index is 1.49. The van der Waals surface area contributed by atoms with Crippen molar-refractivity contribution in [3.63, 3.8) is 0 Å². The average molecular weight is 537 g/mol. The number of aliphatic hydroxyl groups excluding tert-OH is 1. The summed E-state index contributed by atoms with van der Waals surface area (Å²) in [6.45, 7) is 2.31. The van der Waals surface area contributed by atoms with E-state index < -0.39 is 23.8 Å². The highest BCUT2D eigenvalue weighted by Gasteiger charge is 2.24. The molecule has 198 valence electrons. The molecule has 0 spiro atoms. The molecule has 0 bridgehead atoms. The standard InChI is InChI=1S/C29H30F2N4O2S/c1-2-19-6-5-7-20(10-19)16-35(17-27(36)26(32)13-21-11-23(30)14-24(31)12-21)28(37)18-38-29-25-9-4-3-8-22(25)15-33-34-29/h3-12,14-15,26-27,36H,2,13,16-18,32H2,1H3. The largest absolute Gasteiger partial charge is 0.390 e. The van der Waals surface area contributed by atoms with E-state index in [-0.39, 0.29) is 31.2 Å². The maximum atomic E-state index is 13.6. The number of aliphatic hydroxyl groups is 1. The van der Waals surface area contributed by atoms with Crippen LogP contribution >= 0.6 is 11.8 Å². The van der Waals surface area contributed by atoms with Crippen molar-refractivity contribution in [3.05, 3.63) is 101 Å². The number of benzene rings is 3. The highest BCUT2D eigenvalue weighted by Crippen LogP contribution is 2.25. The first-order valence-corrected chi connectivity index (χ1v) is 13.4. The van der Waals surface area contributed by atoms with Crippen molar-refractivity contribution in [2.24, 2.45) is 5.73 Å². The van der Waals surface area contributed by atoms with Gasteiger partial charge in [0, 0.05) is 36.0 Å². The van der Waals surface area contributed by atoms with E-state index in [0.29, 0.717) is 10.6 Å². The van der Waals surface area contributed by atoms with Gasteiger partial charge in [0.25, 0.3) is 0 Å². The number of thioether (sulfide) groups is 1. The van der Waals surface area contributed by atoms with E-state index in [2.05, 4.69) is 17.1 Å². The van der Waals surface area contributed by atoms with Gasteiger partial charge in [0.1, 0.15) is 16.7 Å². The lowest BCUT2D eigenvalue weighted by molar-refractivity contribution is -0.130. The van der Waals surface area contributed by atoms with Gasteiger partial charge >= 0.3 is 0 Å². The number of carbonyl (C=O) groups is 1. The first-order valence-electron chi connectivity index (χ1n) is 12.4. The summed E-state index contributed by atoms with van der Waals surface area (Å²) in [6, 6.07) is 18.0. The van der Waals surface area contributed by atoms with Crippen LogP contribution in [0.1, 0.15) is 23.6 Å². The van der Waals surface area contributed by atoms with Gasteiger partial charge in [-0.3, -0.25) is 4.79 Å². The molecule has 0 aliphatic heterocycles. The number of aryl methyl sites for hydroxylation is 1. The van der Waals surface area contributed by atoms with E-state index in [4.69, 9.17) is 5.73 Å². The zero-order valence-electron chi connectivity index (χ0n) is 21.1. The molecule has 4 rings (SSSR count). The lowest BCUT2D eigenvalue weighted by atomic mass is 10.0. The van der Waals surface area contributed by atoms with Gasteiger partial charge in [0.05, 0.1) is 18.1 Å². The van der Waals surface area contributed by atoms with Gasteiger partial charge in [-0.1, -0.05) is 67.2 Å². The number of hydrogen-bond donors (Lipinski definition) is 2. The molecule has 1 aromatic heterocycles. The molecule has 2 unspecified atom stereocenters. The minimum Gasteiger partial charge on any atom is -0.390 e. The highest BCUT2D eigenvalue weighted by molar-refractivity contribution is 8.00. The first-order chi connectivity index (χ1) is 18.3. The molecule has 1 amide bonds. The van der Waals surface area contributed by atoms with Crippen molar-refractivity contribution >= 4 is 28.4 Å². The molecule has 0 fully saturated rings. The molecule has 6 nitrogen and oxygen atoms in total. The Kier molecular flexibility index (Phi) is 9.38. The summed E-state index contributed by atoms with van der Waals surface area (Å²) in [4.78, 5) is 15.0. The molecule has 0 radical (unpaired) electrons. The zero-order chi connectivity index (χ0) is 27.1. The van der Waals surface area contributed by atoms with E-state index in [1.54, 1.807) is 11.1 Å². The lowest BCUT2D eigenvalue weighted by Crippen LogP contribution is -2.46. The van der Waals surface area contributed by atoms with Crippen LogP contribution in [-0.4, -0.2) is 50.6 Å². The van der Waals surface area contributed by atoms with E-state index in [1.807, 2.05) is 48.5 Å². The van der Waals surface area contributed by atoms with E-state index in [1.165, 1.54) is 23.9 Å². The van der Waals surface area contributed by atoms with E-state index in [0.717, 1.165) is 34.4 Å². The second kappa shape index (κ2) is 12.9. The fraction of sp³-hybridized carbons (Fsp3) is 0.276. The maximum Gasteiger partial charge on any atom is 0.233 e. The summed E-state index contributed by atoms with van der Waals surface area (Å²) in [6.07, 6.45) is 1.48. The lowest BCUT2D eigenvalue weighted by Gasteiger charge is -2.28. The van der Waals surface area contributed by atoms with Crippen LogP contribution in [0, 0.1) is 11.6 Å². The predicted octanol–water partition coefficient (Wildman–Crippen LogP) is 4.52. The summed E-state index contributed by atoms with van der Waals surface area (Å²) in [5.74, 6) is -1.52. The smallest absolute Gasteiger partial charge is 0.233 e. The van der Waals surface area contributed by atoms with Crippen LogP contribution in [0.3, 0.4) is 0 Å². The van der Waals surface area contributed by atoms with Crippen LogP contribution in [0.5, 0.6) is 0 Å². The molecular formula is C29H30F2N4O2S. The van der Waals surface area contributed by atoms with Gasteiger partial charge in [0.15, 0.2) is 0 Å². The number of halogens is 2. The Morgan fingerprint density at radius 2 is 1.76 bits per heavy atom. The number of fused-ring (bicyclic) bond motifs is 1. The quantitative estimate of drug-likeness (QED) is 0.274. The van der Waals surface area contributed by atoms with Crippen LogP contribution in [0.4, 0.5) is 8.78 Å². The van der Waals surface area contributed by atoms with Crippen LogP contribution in [0.25, 0.3) is 10.8 Å². The van der Waals surface area contributed by atoms with Gasteiger partial charge in [-0.05, 0) is 41.7 Å². The molecule has 3 aromatic carbocycles. The second-order valence-electron chi connectivity index (χ2n) is 9.19. The summed E-state index contributed by atoms with van der Waals surface area (Å²) in [5, 5.41) is 21.6.